The number of nitrogens with one attached hydrogen (secondary N) is 1. The fraction of sp³-hybridized carbons (Fsp3) is 0.459. The quantitative estimate of drug-likeness (QED) is 0.205. The van der Waals surface area contributed by atoms with E-state index in [1.165, 1.54) is 12.8 Å². The molecule has 1 aliphatic heterocycles. The molecule has 1 aliphatic carbocycles. The van der Waals surface area contributed by atoms with Crippen LogP contribution in [0.5, 0.6) is 11.5 Å². The SMILES string of the molecule is CCCC1C(C)N(CC2CC2)CCC1(CC=O)c1c(C)ccc(C(=O)NCCc2ccc(-c3ccc(O)cc3)cc2)c1O. The molecule has 2 aliphatic rings. The number of aldehydes is 1. The fourth-order valence-corrected chi connectivity index (χ4v) is 7.42. The Hall–Kier alpha value is -3.64. The molecule has 43 heavy (non-hydrogen) atoms. The highest BCUT2D eigenvalue weighted by Gasteiger charge is 2.50. The molecule has 1 saturated carbocycles. The van der Waals surface area contributed by atoms with Gasteiger partial charge >= 0.3 is 0 Å². The van der Waals surface area contributed by atoms with Crippen molar-refractivity contribution < 1.29 is 19.8 Å². The number of benzene rings is 3. The molecule has 0 spiro atoms. The first-order chi connectivity index (χ1) is 20.8. The van der Waals surface area contributed by atoms with Gasteiger partial charge in [0.25, 0.3) is 5.91 Å². The highest BCUT2D eigenvalue weighted by molar-refractivity contribution is 5.97. The lowest BCUT2D eigenvalue weighted by Crippen LogP contribution is -2.56. The zero-order chi connectivity index (χ0) is 30.6. The Morgan fingerprint density at radius 2 is 1.70 bits per heavy atom. The Bertz CT molecular complexity index is 1410. The van der Waals surface area contributed by atoms with Crippen molar-refractivity contribution in [2.24, 2.45) is 11.8 Å². The fourth-order valence-electron chi connectivity index (χ4n) is 7.42. The molecule has 0 radical (unpaired) electrons. The number of piperidine rings is 1. The van der Waals surface area contributed by atoms with E-state index in [1.807, 2.05) is 49.4 Å². The number of hydrogen-bond acceptors (Lipinski definition) is 5. The number of carbonyl (C=O) groups is 2. The third kappa shape index (κ3) is 6.65. The van der Waals surface area contributed by atoms with Crippen LogP contribution in [0.15, 0.2) is 60.7 Å². The van der Waals surface area contributed by atoms with Crippen LogP contribution in [-0.2, 0) is 16.6 Å². The Kier molecular flexibility index (Phi) is 9.55. The summed E-state index contributed by atoms with van der Waals surface area (Å²) in [6.07, 6.45) is 7.41. The Morgan fingerprint density at radius 1 is 1.02 bits per heavy atom. The van der Waals surface area contributed by atoms with E-state index in [-0.39, 0.29) is 28.9 Å². The van der Waals surface area contributed by atoms with Gasteiger partial charge in [0.1, 0.15) is 17.8 Å². The standard InChI is InChI=1S/C37H46N2O4/c1-4-5-33-26(3)39(24-28-7-8-28)22-19-37(33,20-23-40)34-25(2)6-17-32(35(34)42)36(43)38-21-18-27-9-11-29(12-10-27)30-13-15-31(41)16-14-30/h6,9-17,23,26,28,33,41-42H,4-5,7-8,18-22,24H2,1-3H3,(H,38,43). The lowest BCUT2D eigenvalue weighted by atomic mass is 9.59. The van der Waals surface area contributed by atoms with Crippen LogP contribution in [0.3, 0.4) is 0 Å². The first-order valence-electron chi connectivity index (χ1n) is 15.9. The Balaban J connectivity index is 1.32. The number of rotatable bonds is 12. The minimum absolute atomic E-state index is 0.0292. The third-order valence-corrected chi connectivity index (χ3v) is 9.93. The molecule has 6 nitrogen and oxygen atoms in total. The van der Waals surface area contributed by atoms with Gasteiger partial charge in [0.15, 0.2) is 0 Å². The molecule has 3 aromatic carbocycles. The number of likely N-dealkylation sites (tertiary alicyclic amines) is 1. The molecule has 0 bridgehead atoms. The second-order valence-corrected chi connectivity index (χ2v) is 12.8. The summed E-state index contributed by atoms with van der Waals surface area (Å²) >= 11 is 0. The lowest BCUT2D eigenvalue weighted by Gasteiger charge is -2.52. The summed E-state index contributed by atoms with van der Waals surface area (Å²) < 4.78 is 0. The first kappa shape index (κ1) is 30.8. The first-order valence-corrected chi connectivity index (χ1v) is 15.9. The molecule has 1 saturated heterocycles. The van der Waals surface area contributed by atoms with Gasteiger partial charge in [-0.15, -0.1) is 0 Å². The molecule has 228 valence electrons. The van der Waals surface area contributed by atoms with E-state index in [0.29, 0.717) is 25.4 Å². The maximum absolute atomic E-state index is 13.4. The van der Waals surface area contributed by atoms with Crippen molar-refractivity contribution in [2.45, 2.75) is 77.2 Å². The minimum atomic E-state index is -0.499. The monoisotopic (exact) mass is 582 g/mol. The van der Waals surface area contributed by atoms with Gasteiger partial charge in [-0.2, -0.15) is 0 Å². The molecule has 3 atom stereocenters. The summed E-state index contributed by atoms with van der Waals surface area (Å²) in [5.74, 6) is 0.977. The maximum Gasteiger partial charge on any atom is 0.255 e. The van der Waals surface area contributed by atoms with Crippen molar-refractivity contribution in [3.8, 4) is 22.6 Å². The van der Waals surface area contributed by atoms with E-state index in [2.05, 4.69) is 24.1 Å². The summed E-state index contributed by atoms with van der Waals surface area (Å²) in [6, 6.07) is 19.2. The highest BCUT2D eigenvalue weighted by Crippen LogP contribution is 2.52. The summed E-state index contributed by atoms with van der Waals surface area (Å²) in [6.45, 7) is 8.93. The Labute approximate surface area is 256 Å². The number of nitrogens with zero attached hydrogens (tertiary/aromatic N) is 1. The summed E-state index contributed by atoms with van der Waals surface area (Å²) in [7, 11) is 0. The molecular weight excluding hydrogens is 536 g/mol. The molecule has 0 aromatic heterocycles. The van der Waals surface area contributed by atoms with Crippen LogP contribution in [0.25, 0.3) is 11.1 Å². The van der Waals surface area contributed by atoms with Crippen LogP contribution >= 0.6 is 0 Å². The third-order valence-electron chi connectivity index (χ3n) is 9.93. The van der Waals surface area contributed by atoms with Gasteiger partial charge in [-0.3, -0.25) is 4.79 Å². The molecule has 1 heterocycles. The molecule has 6 heteroatoms. The summed E-state index contributed by atoms with van der Waals surface area (Å²) in [5.41, 5.74) is 4.68. The summed E-state index contributed by atoms with van der Waals surface area (Å²) in [4.78, 5) is 28.2. The number of phenolic OH excluding ortho intramolecular Hbond substituents is 2. The molecule has 3 aromatic rings. The van der Waals surface area contributed by atoms with Gasteiger partial charge in [0, 0.05) is 36.5 Å². The van der Waals surface area contributed by atoms with Crippen molar-refractivity contribution in [1.29, 1.82) is 0 Å². The number of aromatic hydroxyl groups is 2. The van der Waals surface area contributed by atoms with E-state index in [4.69, 9.17) is 0 Å². The van der Waals surface area contributed by atoms with Crippen LogP contribution in [0, 0.1) is 18.8 Å². The van der Waals surface area contributed by atoms with Gasteiger partial charge in [0.05, 0.1) is 5.56 Å². The number of phenols is 2. The molecular formula is C37H46N2O4. The zero-order valence-electron chi connectivity index (χ0n) is 25.8. The Morgan fingerprint density at radius 3 is 2.33 bits per heavy atom. The highest BCUT2D eigenvalue weighted by atomic mass is 16.3. The normalized spacial score (nSPS) is 22.3. The number of aryl methyl sites for hydroxylation is 1. The predicted molar refractivity (Wildman–Crippen MR) is 172 cm³/mol. The predicted octanol–water partition coefficient (Wildman–Crippen LogP) is 6.79. The maximum atomic E-state index is 13.4. The van der Waals surface area contributed by atoms with E-state index in [9.17, 15) is 19.8 Å². The van der Waals surface area contributed by atoms with Gasteiger partial charge in [-0.05, 0) is 105 Å². The second kappa shape index (κ2) is 13.3. The topological polar surface area (TPSA) is 89.9 Å². The van der Waals surface area contributed by atoms with Crippen LogP contribution in [0.4, 0.5) is 0 Å². The smallest absolute Gasteiger partial charge is 0.255 e. The summed E-state index contributed by atoms with van der Waals surface area (Å²) in [5, 5.41) is 24.3. The van der Waals surface area contributed by atoms with Crippen LogP contribution in [-0.4, -0.2) is 53.0 Å². The number of carbonyl (C=O) groups excluding carboxylic acids is 2. The van der Waals surface area contributed by atoms with Crippen molar-refractivity contribution >= 4 is 12.2 Å². The average molecular weight is 583 g/mol. The zero-order valence-corrected chi connectivity index (χ0v) is 25.8. The van der Waals surface area contributed by atoms with Crippen molar-refractivity contribution in [2.75, 3.05) is 19.6 Å². The second-order valence-electron chi connectivity index (χ2n) is 12.8. The van der Waals surface area contributed by atoms with E-state index >= 15 is 0 Å². The van der Waals surface area contributed by atoms with Gasteiger partial charge in [-0.25, -0.2) is 0 Å². The van der Waals surface area contributed by atoms with Crippen molar-refractivity contribution in [3.63, 3.8) is 0 Å². The van der Waals surface area contributed by atoms with Gasteiger partial charge in [0.2, 0.25) is 0 Å². The minimum Gasteiger partial charge on any atom is -0.508 e. The lowest BCUT2D eigenvalue weighted by molar-refractivity contribution is -0.110. The molecule has 5 rings (SSSR count). The van der Waals surface area contributed by atoms with Crippen molar-refractivity contribution in [3.05, 3.63) is 82.9 Å². The molecule has 1 amide bonds. The molecule has 3 N–H and O–H groups in total. The van der Waals surface area contributed by atoms with E-state index < -0.39 is 5.41 Å². The van der Waals surface area contributed by atoms with Crippen LogP contribution in [0.1, 0.15) is 79.4 Å². The van der Waals surface area contributed by atoms with Crippen LogP contribution < -0.4 is 5.32 Å². The van der Waals surface area contributed by atoms with Crippen molar-refractivity contribution in [1.82, 2.24) is 10.2 Å². The molecule has 3 unspecified atom stereocenters. The van der Waals surface area contributed by atoms with Gasteiger partial charge in [-0.1, -0.05) is 55.8 Å². The van der Waals surface area contributed by atoms with Gasteiger partial charge < -0.3 is 25.2 Å². The largest absolute Gasteiger partial charge is 0.508 e. The number of amides is 1. The molecule has 2 fully saturated rings. The average Bonchev–Trinajstić information content (AvgIpc) is 3.82. The van der Waals surface area contributed by atoms with E-state index in [1.54, 1.807) is 18.2 Å². The number of hydrogen-bond donors (Lipinski definition) is 3. The van der Waals surface area contributed by atoms with E-state index in [0.717, 1.165) is 72.4 Å². The van der Waals surface area contributed by atoms with Crippen LogP contribution in [0.2, 0.25) is 0 Å².